The molecule has 0 unspecified atom stereocenters. The summed E-state index contributed by atoms with van der Waals surface area (Å²) >= 11 is 0. The Labute approximate surface area is 102 Å². The molecular weight excluding hydrogens is 228 g/mol. The summed E-state index contributed by atoms with van der Waals surface area (Å²) in [5, 5.41) is 15.2. The summed E-state index contributed by atoms with van der Waals surface area (Å²) in [5.41, 5.74) is 8.42. The van der Waals surface area contributed by atoms with Gasteiger partial charge in [0.2, 0.25) is 0 Å². The molecule has 0 spiro atoms. The van der Waals surface area contributed by atoms with Gasteiger partial charge in [0.15, 0.2) is 5.82 Å². The molecule has 4 N–H and O–H groups in total. The highest BCUT2D eigenvalue weighted by Gasteiger charge is 2.07. The lowest BCUT2D eigenvalue weighted by atomic mass is 10.2. The number of H-pyrrole nitrogens is 1. The number of imidazole rings is 1. The van der Waals surface area contributed by atoms with E-state index in [2.05, 4.69) is 20.2 Å². The van der Waals surface area contributed by atoms with E-state index in [-0.39, 0.29) is 5.84 Å². The number of nitrogens with zero attached hydrogens (tertiary/aromatic N) is 3. The van der Waals surface area contributed by atoms with Crippen molar-refractivity contribution in [3.05, 3.63) is 42.1 Å². The van der Waals surface area contributed by atoms with Gasteiger partial charge < -0.3 is 10.7 Å². The molecule has 0 bridgehead atoms. The Morgan fingerprint density at radius 1 is 1.28 bits per heavy atom. The van der Waals surface area contributed by atoms with E-state index < -0.39 is 0 Å². The van der Waals surface area contributed by atoms with E-state index in [1.165, 1.54) is 0 Å². The lowest BCUT2D eigenvalue weighted by Crippen LogP contribution is -2.10. The number of hydrogen-bond acceptors (Lipinski definition) is 4. The first-order valence-corrected chi connectivity index (χ1v) is 5.36. The minimum absolute atomic E-state index is 0.0348. The zero-order valence-corrected chi connectivity index (χ0v) is 9.38. The minimum Gasteiger partial charge on any atom is -0.384 e. The van der Waals surface area contributed by atoms with Crippen molar-refractivity contribution in [3.8, 4) is 11.5 Å². The van der Waals surface area contributed by atoms with Gasteiger partial charge in [-0.1, -0.05) is 0 Å². The number of rotatable bonds is 2. The Hall–Kier alpha value is -2.76. The molecule has 0 amide bonds. The number of nitrogen functional groups attached to an aromatic ring is 1. The molecule has 0 atom stereocenters. The number of fused-ring (bicyclic) bond motifs is 1. The third-order valence-electron chi connectivity index (χ3n) is 2.61. The van der Waals surface area contributed by atoms with Crippen LogP contribution in [-0.4, -0.2) is 26.0 Å². The first kappa shape index (κ1) is 10.4. The van der Waals surface area contributed by atoms with Crippen molar-refractivity contribution in [2.45, 2.75) is 0 Å². The first-order chi connectivity index (χ1) is 8.74. The molecule has 88 valence electrons. The molecule has 0 aliphatic carbocycles. The predicted molar refractivity (Wildman–Crippen MR) is 68.1 cm³/mol. The molecule has 0 aliphatic rings. The topological polar surface area (TPSA) is 104 Å². The monoisotopic (exact) mass is 238 g/mol. The molecule has 0 saturated heterocycles. The van der Waals surface area contributed by atoms with Crippen LogP contribution in [0.3, 0.4) is 0 Å². The number of aromatic nitrogens is 4. The minimum atomic E-state index is 0.0348. The van der Waals surface area contributed by atoms with Gasteiger partial charge in [0.05, 0.1) is 11.0 Å². The van der Waals surface area contributed by atoms with Crippen LogP contribution < -0.4 is 5.73 Å². The van der Waals surface area contributed by atoms with Crippen LogP contribution in [0.1, 0.15) is 5.56 Å². The van der Waals surface area contributed by atoms with Crippen molar-refractivity contribution in [1.82, 2.24) is 20.2 Å². The Kier molecular flexibility index (Phi) is 2.26. The maximum absolute atomic E-state index is 7.40. The summed E-state index contributed by atoms with van der Waals surface area (Å²) < 4.78 is 0. The lowest BCUT2D eigenvalue weighted by molar-refractivity contribution is 1.02. The number of nitrogens with one attached hydrogen (secondary N) is 2. The summed E-state index contributed by atoms with van der Waals surface area (Å²) in [5.74, 6) is 0.686. The first-order valence-electron chi connectivity index (χ1n) is 5.36. The average molecular weight is 238 g/mol. The smallest absolute Gasteiger partial charge is 0.159 e. The van der Waals surface area contributed by atoms with Gasteiger partial charge in [-0.3, -0.25) is 5.41 Å². The third-order valence-corrected chi connectivity index (χ3v) is 2.61. The fourth-order valence-corrected chi connectivity index (χ4v) is 1.73. The quantitative estimate of drug-likeness (QED) is 0.462. The summed E-state index contributed by atoms with van der Waals surface area (Å²) in [4.78, 5) is 7.56. The Bertz CT molecular complexity index is 716. The van der Waals surface area contributed by atoms with Crippen LogP contribution in [0.2, 0.25) is 0 Å². The van der Waals surface area contributed by atoms with Crippen molar-refractivity contribution < 1.29 is 0 Å². The molecule has 0 aliphatic heterocycles. The second kappa shape index (κ2) is 3.92. The van der Waals surface area contributed by atoms with Crippen molar-refractivity contribution in [3.63, 3.8) is 0 Å². The molecule has 3 aromatic rings. The summed E-state index contributed by atoms with van der Waals surface area (Å²) in [7, 11) is 0. The fourth-order valence-electron chi connectivity index (χ4n) is 1.73. The Balaban J connectivity index is 2.14. The van der Waals surface area contributed by atoms with Gasteiger partial charge >= 0.3 is 0 Å². The highest BCUT2D eigenvalue weighted by molar-refractivity contribution is 5.98. The maximum atomic E-state index is 7.40. The molecule has 6 nitrogen and oxygen atoms in total. The number of hydrogen-bond donors (Lipinski definition) is 3. The summed E-state index contributed by atoms with van der Waals surface area (Å²) in [6.45, 7) is 0. The highest BCUT2D eigenvalue weighted by Crippen LogP contribution is 2.19. The van der Waals surface area contributed by atoms with Crippen molar-refractivity contribution in [2.24, 2.45) is 5.73 Å². The molecule has 1 aromatic carbocycles. The normalized spacial score (nSPS) is 10.7. The van der Waals surface area contributed by atoms with Crippen LogP contribution >= 0.6 is 0 Å². The van der Waals surface area contributed by atoms with Gasteiger partial charge in [0.1, 0.15) is 11.5 Å². The Morgan fingerprint density at radius 3 is 2.89 bits per heavy atom. The largest absolute Gasteiger partial charge is 0.384 e. The third kappa shape index (κ3) is 1.69. The fraction of sp³-hybridized carbons (Fsp3) is 0. The lowest BCUT2D eigenvalue weighted by Gasteiger charge is -1.96. The van der Waals surface area contributed by atoms with Gasteiger partial charge in [0.25, 0.3) is 0 Å². The van der Waals surface area contributed by atoms with Gasteiger partial charge in [-0.15, -0.1) is 5.10 Å². The van der Waals surface area contributed by atoms with Gasteiger partial charge in [-0.25, -0.2) is 4.98 Å². The van der Waals surface area contributed by atoms with E-state index >= 15 is 0 Å². The van der Waals surface area contributed by atoms with E-state index in [1.807, 2.05) is 12.1 Å². The van der Waals surface area contributed by atoms with Crippen molar-refractivity contribution in [1.29, 1.82) is 5.41 Å². The molecule has 6 heteroatoms. The van der Waals surface area contributed by atoms with Gasteiger partial charge in [0, 0.05) is 11.8 Å². The molecule has 18 heavy (non-hydrogen) atoms. The van der Waals surface area contributed by atoms with Crippen LogP contribution in [0.25, 0.3) is 22.6 Å². The van der Waals surface area contributed by atoms with Crippen LogP contribution in [-0.2, 0) is 0 Å². The average Bonchev–Trinajstić information content (AvgIpc) is 2.82. The van der Waals surface area contributed by atoms with Gasteiger partial charge in [-0.05, 0) is 30.3 Å². The second-order valence-corrected chi connectivity index (χ2v) is 3.84. The van der Waals surface area contributed by atoms with Crippen molar-refractivity contribution >= 4 is 16.9 Å². The maximum Gasteiger partial charge on any atom is 0.159 e. The standard InChI is InChI=1S/C12H10N6/c13-11(14)7-3-4-8-10(6-7)17-12(16-8)9-2-1-5-15-18-9/h1-6H,(H3,13,14)(H,16,17). The molecular formula is C12H10N6. The summed E-state index contributed by atoms with van der Waals surface area (Å²) in [6, 6.07) is 9.02. The van der Waals surface area contributed by atoms with E-state index in [4.69, 9.17) is 11.1 Å². The molecule has 2 aromatic heterocycles. The van der Waals surface area contributed by atoms with Crippen LogP contribution in [0.4, 0.5) is 0 Å². The number of nitrogens with two attached hydrogens (primary N) is 1. The zero-order valence-electron chi connectivity index (χ0n) is 9.38. The van der Waals surface area contributed by atoms with Crippen LogP contribution in [0.15, 0.2) is 36.5 Å². The van der Waals surface area contributed by atoms with Crippen LogP contribution in [0.5, 0.6) is 0 Å². The van der Waals surface area contributed by atoms with Crippen molar-refractivity contribution in [2.75, 3.05) is 0 Å². The van der Waals surface area contributed by atoms with E-state index in [0.29, 0.717) is 17.1 Å². The van der Waals surface area contributed by atoms with Crippen LogP contribution in [0, 0.1) is 5.41 Å². The molecule has 3 rings (SSSR count). The number of aromatic amines is 1. The Morgan fingerprint density at radius 2 is 2.17 bits per heavy atom. The second-order valence-electron chi connectivity index (χ2n) is 3.84. The molecule has 0 fully saturated rings. The summed E-state index contributed by atoms with van der Waals surface area (Å²) in [6.07, 6.45) is 1.61. The number of benzene rings is 1. The SMILES string of the molecule is N=C(N)c1ccc2nc(-c3cccnn3)[nH]c2c1. The van der Waals surface area contributed by atoms with Gasteiger partial charge in [-0.2, -0.15) is 5.10 Å². The zero-order chi connectivity index (χ0) is 12.5. The van der Waals surface area contributed by atoms with E-state index in [0.717, 1.165) is 11.0 Å². The molecule has 2 heterocycles. The van der Waals surface area contributed by atoms with E-state index in [1.54, 1.807) is 24.4 Å². The molecule has 0 saturated carbocycles. The predicted octanol–water partition coefficient (Wildman–Crippen LogP) is 1.30. The van der Waals surface area contributed by atoms with E-state index in [9.17, 15) is 0 Å². The molecule has 0 radical (unpaired) electrons. The number of amidine groups is 1. The highest BCUT2D eigenvalue weighted by atomic mass is 15.1.